The molecule has 16 heavy (non-hydrogen) atoms. The number of hydrogen-bond acceptors (Lipinski definition) is 3. The predicted octanol–water partition coefficient (Wildman–Crippen LogP) is 1.73. The van der Waals surface area contributed by atoms with Crippen LogP contribution < -0.4 is 5.32 Å². The SMILES string of the molecule is CNC(CCC1CC1)C1CCCCS1(=O)=O. The van der Waals surface area contributed by atoms with Crippen molar-refractivity contribution in [2.45, 2.75) is 56.2 Å². The van der Waals surface area contributed by atoms with Crippen molar-refractivity contribution in [3.8, 4) is 0 Å². The molecule has 0 spiro atoms. The zero-order valence-corrected chi connectivity index (χ0v) is 10.9. The molecule has 0 aromatic carbocycles. The normalized spacial score (nSPS) is 31.2. The van der Waals surface area contributed by atoms with Gasteiger partial charge in [-0.25, -0.2) is 8.42 Å². The van der Waals surface area contributed by atoms with E-state index in [1.807, 2.05) is 7.05 Å². The summed E-state index contributed by atoms with van der Waals surface area (Å²) < 4.78 is 24.0. The molecule has 3 nitrogen and oxygen atoms in total. The molecule has 4 heteroatoms. The molecule has 1 heterocycles. The zero-order valence-electron chi connectivity index (χ0n) is 10.1. The number of rotatable bonds is 5. The lowest BCUT2D eigenvalue weighted by Crippen LogP contribution is -2.45. The Labute approximate surface area is 98.9 Å². The molecule has 2 fully saturated rings. The smallest absolute Gasteiger partial charge is 0.154 e. The van der Waals surface area contributed by atoms with Crippen molar-refractivity contribution in [2.75, 3.05) is 12.8 Å². The molecule has 2 atom stereocenters. The van der Waals surface area contributed by atoms with Gasteiger partial charge in [0.15, 0.2) is 9.84 Å². The van der Waals surface area contributed by atoms with Crippen molar-refractivity contribution in [3.63, 3.8) is 0 Å². The molecule has 1 aliphatic carbocycles. The maximum atomic E-state index is 12.0. The molecule has 0 radical (unpaired) electrons. The summed E-state index contributed by atoms with van der Waals surface area (Å²) in [7, 11) is -0.920. The maximum absolute atomic E-state index is 12.0. The van der Waals surface area contributed by atoms with Crippen molar-refractivity contribution >= 4 is 9.84 Å². The molecule has 0 amide bonds. The molecule has 94 valence electrons. The van der Waals surface area contributed by atoms with Crippen LogP contribution in [0, 0.1) is 5.92 Å². The predicted molar refractivity (Wildman–Crippen MR) is 66.2 cm³/mol. The van der Waals surface area contributed by atoms with Gasteiger partial charge in [0.25, 0.3) is 0 Å². The van der Waals surface area contributed by atoms with Gasteiger partial charge >= 0.3 is 0 Å². The Morgan fingerprint density at radius 3 is 2.56 bits per heavy atom. The molecular weight excluding hydrogens is 222 g/mol. The van der Waals surface area contributed by atoms with Gasteiger partial charge in [0.1, 0.15) is 0 Å². The Morgan fingerprint density at radius 2 is 2.00 bits per heavy atom. The van der Waals surface area contributed by atoms with Gasteiger partial charge in [-0.2, -0.15) is 0 Å². The highest BCUT2D eigenvalue weighted by Gasteiger charge is 2.35. The van der Waals surface area contributed by atoms with Gasteiger partial charge < -0.3 is 5.32 Å². The molecular formula is C12H23NO2S. The van der Waals surface area contributed by atoms with Crippen molar-refractivity contribution in [3.05, 3.63) is 0 Å². The van der Waals surface area contributed by atoms with Gasteiger partial charge in [0.05, 0.1) is 11.0 Å². The summed E-state index contributed by atoms with van der Waals surface area (Å²) in [5.41, 5.74) is 0. The third kappa shape index (κ3) is 2.98. The summed E-state index contributed by atoms with van der Waals surface area (Å²) in [6.45, 7) is 0. The van der Waals surface area contributed by atoms with Crippen LogP contribution in [-0.4, -0.2) is 32.5 Å². The minimum atomic E-state index is -2.82. The number of nitrogens with one attached hydrogen (secondary N) is 1. The van der Waals surface area contributed by atoms with Crippen LogP contribution in [0.15, 0.2) is 0 Å². The fourth-order valence-corrected chi connectivity index (χ4v) is 4.98. The number of hydrogen-bond donors (Lipinski definition) is 1. The Hall–Kier alpha value is -0.0900. The minimum Gasteiger partial charge on any atom is -0.316 e. The van der Waals surface area contributed by atoms with E-state index < -0.39 is 9.84 Å². The van der Waals surface area contributed by atoms with E-state index in [1.165, 1.54) is 19.3 Å². The average molecular weight is 245 g/mol. The Balaban J connectivity index is 1.94. The van der Waals surface area contributed by atoms with E-state index in [9.17, 15) is 8.42 Å². The fraction of sp³-hybridized carbons (Fsp3) is 1.00. The topological polar surface area (TPSA) is 46.2 Å². The highest BCUT2D eigenvalue weighted by Crippen LogP contribution is 2.35. The maximum Gasteiger partial charge on any atom is 0.154 e. The van der Waals surface area contributed by atoms with E-state index in [1.54, 1.807) is 0 Å². The van der Waals surface area contributed by atoms with Crippen LogP contribution in [0.25, 0.3) is 0 Å². The third-order valence-electron chi connectivity index (χ3n) is 4.03. The first kappa shape index (κ1) is 12.4. The van der Waals surface area contributed by atoms with Crippen LogP contribution in [-0.2, 0) is 9.84 Å². The molecule has 1 saturated carbocycles. The summed E-state index contributed by atoms with van der Waals surface area (Å²) in [6, 6.07) is 0.186. The van der Waals surface area contributed by atoms with E-state index >= 15 is 0 Å². The average Bonchev–Trinajstić information content (AvgIpc) is 3.04. The lowest BCUT2D eigenvalue weighted by Gasteiger charge is -2.30. The molecule has 1 N–H and O–H groups in total. The summed E-state index contributed by atoms with van der Waals surface area (Å²) in [5, 5.41) is 3.11. The van der Waals surface area contributed by atoms with Gasteiger partial charge in [-0.3, -0.25) is 0 Å². The molecule has 1 aliphatic heterocycles. The minimum absolute atomic E-state index is 0.120. The summed E-state index contributed by atoms with van der Waals surface area (Å²) in [6.07, 6.45) is 7.74. The van der Waals surface area contributed by atoms with Crippen LogP contribution in [0.4, 0.5) is 0 Å². The highest BCUT2D eigenvalue weighted by molar-refractivity contribution is 7.92. The second-order valence-corrected chi connectivity index (χ2v) is 7.66. The van der Waals surface area contributed by atoms with Gasteiger partial charge in [-0.1, -0.05) is 19.3 Å². The summed E-state index contributed by atoms with van der Waals surface area (Å²) in [5.74, 6) is 1.29. The second-order valence-electron chi connectivity index (χ2n) is 5.32. The highest BCUT2D eigenvalue weighted by atomic mass is 32.2. The van der Waals surface area contributed by atoms with E-state index in [4.69, 9.17) is 0 Å². The first-order chi connectivity index (χ1) is 7.63. The van der Waals surface area contributed by atoms with Crippen LogP contribution in [0.3, 0.4) is 0 Å². The zero-order chi connectivity index (χ0) is 11.6. The Bertz CT molecular complexity index is 322. The fourth-order valence-electron chi connectivity index (χ4n) is 2.77. The van der Waals surface area contributed by atoms with Crippen LogP contribution >= 0.6 is 0 Å². The van der Waals surface area contributed by atoms with Crippen molar-refractivity contribution in [1.82, 2.24) is 5.32 Å². The Kier molecular flexibility index (Phi) is 3.90. The van der Waals surface area contributed by atoms with Crippen molar-refractivity contribution in [2.24, 2.45) is 5.92 Å². The first-order valence-corrected chi connectivity index (χ1v) is 8.24. The summed E-state index contributed by atoms with van der Waals surface area (Å²) in [4.78, 5) is 0. The monoisotopic (exact) mass is 245 g/mol. The van der Waals surface area contributed by atoms with Crippen LogP contribution in [0.5, 0.6) is 0 Å². The van der Waals surface area contributed by atoms with Crippen molar-refractivity contribution in [1.29, 1.82) is 0 Å². The van der Waals surface area contributed by atoms with E-state index in [0.29, 0.717) is 5.75 Å². The molecule has 0 aromatic heterocycles. The molecule has 0 bridgehead atoms. The molecule has 0 aromatic rings. The molecule has 2 rings (SSSR count). The molecule has 2 aliphatic rings. The van der Waals surface area contributed by atoms with Gasteiger partial charge in [-0.05, 0) is 38.6 Å². The standard InChI is InChI=1S/C12H23NO2S/c1-13-11(8-7-10-5-6-10)12-4-2-3-9-16(12,14)15/h10-13H,2-9H2,1H3. The lowest BCUT2D eigenvalue weighted by atomic mass is 10.0. The van der Waals surface area contributed by atoms with Crippen molar-refractivity contribution < 1.29 is 8.42 Å². The second kappa shape index (κ2) is 5.05. The van der Waals surface area contributed by atoms with E-state index in [-0.39, 0.29) is 11.3 Å². The van der Waals surface area contributed by atoms with Gasteiger partial charge in [0.2, 0.25) is 0 Å². The molecule has 1 saturated heterocycles. The Morgan fingerprint density at radius 1 is 1.25 bits per heavy atom. The van der Waals surface area contributed by atoms with Crippen LogP contribution in [0.1, 0.15) is 44.9 Å². The quantitative estimate of drug-likeness (QED) is 0.802. The van der Waals surface area contributed by atoms with Gasteiger partial charge in [-0.15, -0.1) is 0 Å². The number of sulfone groups is 1. The molecule has 2 unspecified atom stereocenters. The largest absolute Gasteiger partial charge is 0.316 e. The van der Waals surface area contributed by atoms with Crippen LogP contribution in [0.2, 0.25) is 0 Å². The third-order valence-corrected chi connectivity index (χ3v) is 6.38. The van der Waals surface area contributed by atoms with Gasteiger partial charge in [0, 0.05) is 6.04 Å². The lowest BCUT2D eigenvalue weighted by molar-refractivity contribution is 0.423. The summed E-state index contributed by atoms with van der Waals surface area (Å²) >= 11 is 0. The first-order valence-electron chi connectivity index (χ1n) is 6.52. The van der Waals surface area contributed by atoms with E-state index in [0.717, 1.165) is 31.6 Å². The van der Waals surface area contributed by atoms with E-state index in [2.05, 4.69) is 5.32 Å².